The van der Waals surface area contributed by atoms with Gasteiger partial charge in [0, 0.05) is 18.4 Å². The summed E-state index contributed by atoms with van der Waals surface area (Å²) in [5.74, 6) is 0.675. The van der Waals surface area contributed by atoms with Gasteiger partial charge >= 0.3 is 0 Å². The summed E-state index contributed by atoms with van der Waals surface area (Å²) in [5.41, 5.74) is 0.980. The van der Waals surface area contributed by atoms with Crippen molar-refractivity contribution in [3.8, 4) is 5.75 Å². The van der Waals surface area contributed by atoms with Crippen LogP contribution in [0.1, 0.15) is 16.8 Å². The lowest BCUT2D eigenvalue weighted by molar-refractivity contribution is 0.0940. The fourth-order valence-corrected chi connectivity index (χ4v) is 4.23. The van der Waals surface area contributed by atoms with Gasteiger partial charge in [-0.15, -0.1) is 0 Å². The van der Waals surface area contributed by atoms with Crippen LogP contribution in [0, 0.1) is 0 Å². The Balaban J connectivity index is 1.65. The van der Waals surface area contributed by atoms with Gasteiger partial charge in [0.1, 0.15) is 5.75 Å². The molecule has 0 bridgehead atoms. The maximum absolute atomic E-state index is 12.2. The lowest BCUT2D eigenvalue weighted by atomic mass is 10.2. The van der Waals surface area contributed by atoms with Gasteiger partial charge in [-0.3, -0.25) is 4.79 Å². The summed E-state index contributed by atoms with van der Waals surface area (Å²) in [6.07, 6.45) is 3.22. The summed E-state index contributed by atoms with van der Waals surface area (Å²) in [7, 11) is -1.47. The Labute approximate surface area is 145 Å². The molecule has 1 aliphatic heterocycles. The first kappa shape index (κ1) is 17.2. The highest BCUT2D eigenvalue weighted by molar-refractivity contribution is 7.91. The lowest BCUT2D eigenvalue weighted by Gasteiger charge is -2.11. The van der Waals surface area contributed by atoms with Gasteiger partial charge in [-0.05, 0) is 18.6 Å². The number of para-hydroxylation sites is 2. The van der Waals surface area contributed by atoms with E-state index in [9.17, 15) is 13.2 Å². The van der Waals surface area contributed by atoms with Crippen molar-refractivity contribution in [3.05, 3.63) is 42.2 Å². The maximum Gasteiger partial charge on any atom is 0.254 e. The van der Waals surface area contributed by atoms with Crippen LogP contribution >= 0.6 is 0 Å². The van der Waals surface area contributed by atoms with Crippen molar-refractivity contribution in [1.29, 1.82) is 0 Å². The Morgan fingerprint density at radius 2 is 1.96 bits per heavy atom. The molecule has 0 spiro atoms. The Morgan fingerprint density at radius 1 is 1.24 bits per heavy atom. The molecule has 1 fully saturated rings. The molecule has 9 heteroatoms. The minimum absolute atomic E-state index is 0.0208. The predicted octanol–water partition coefficient (Wildman–Crippen LogP) is 1.15. The first-order valence-corrected chi connectivity index (χ1v) is 9.52. The average molecular weight is 362 g/mol. The summed E-state index contributed by atoms with van der Waals surface area (Å²) in [5, 5.41) is 5.71. The lowest BCUT2D eigenvalue weighted by Crippen LogP contribution is -2.35. The molecule has 0 radical (unpaired) electrons. The van der Waals surface area contributed by atoms with E-state index in [-0.39, 0.29) is 29.0 Å². The predicted molar refractivity (Wildman–Crippen MR) is 92.8 cm³/mol. The van der Waals surface area contributed by atoms with E-state index in [2.05, 4.69) is 20.6 Å². The van der Waals surface area contributed by atoms with Gasteiger partial charge in [-0.25, -0.2) is 18.4 Å². The third kappa shape index (κ3) is 4.24. The van der Waals surface area contributed by atoms with E-state index < -0.39 is 9.84 Å². The van der Waals surface area contributed by atoms with Gasteiger partial charge in [0.25, 0.3) is 5.91 Å². The SMILES string of the molecule is COc1ccccc1Nc1ncc(C(=O)NC2CCS(=O)(=O)C2)cn1. The van der Waals surface area contributed by atoms with E-state index in [0.29, 0.717) is 23.8 Å². The van der Waals surface area contributed by atoms with Crippen molar-refractivity contribution in [2.24, 2.45) is 0 Å². The van der Waals surface area contributed by atoms with E-state index in [1.54, 1.807) is 13.2 Å². The minimum atomic E-state index is -3.04. The monoisotopic (exact) mass is 362 g/mol. The summed E-state index contributed by atoms with van der Waals surface area (Å²) in [4.78, 5) is 20.4. The molecule has 1 aromatic heterocycles. The number of sulfone groups is 1. The maximum atomic E-state index is 12.2. The molecule has 2 N–H and O–H groups in total. The minimum Gasteiger partial charge on any atom is -0.495 e. The number of nitrogens with zero attached hydrogens (tertiary/aromatic N) is 2. The molecule has 1 saturated heterocycles. The van der Waals surface area contributed by atoms with Crippen molar-refractivity contribution in [2.45, 2.75) is 12.5 Å². The molecule has 2 aromatic rings. The number of nitrogens with one attached hydrogen (secondary N) is 2. The molecule has 1 unspecified atom stereocenters. The van der Waals surface area contributed by atoms with Gasteiger partial charge in [0.05, 0.1) is 29.9 Å². The van der Waals surface area contributed by atoms with Crippen molar-refractivity contribution in [3.63, 3.8) is 0 Å². The van der Waals surface area contributed by atoms with Crippen molar-refractivity contribution < 1.29 is 17.9 Å². The van der Waals surface area contributed by atoms with Crippen LogP contribution < -0.4 is 15.4 Å². The normalized spacial score (nSPS) is 18.5. The second-order valence-corrected chi connectivity index (χ2v) is 7.92. The fraction of sp³-hybridized carbons (Fsp3) is 0.312. The third-order valence-electron chi connectivity index (χ3n) is 3.84. The van der Waals surface area contributed by atoms with Crippen LogP contribution in [0.25, 0.3) is 0 Å². The van der Waals surface area contributed by atoms with E-state index in [1.807, 2.05) is 18.2 Å². The van der Waals surface area contributed by atoms with Crippen LogP contribution in [-0.2, 0) is 9.84 Å². The van der Waals surface area contributed by atoms with Crippen LogP contribution in [0.3, 0.4) is 0 Å². The van der Waals surface area contributed by atoms with Gasteiger partial charge < -0.3 is 15.4 Å². The number of benzene rings is 1. The number of carbonyl (C=O) groups excluding carboxylic acids is 1. The molecule has 1 aliphatic rings. The topological polar surface area (TPSA) is 110 Å². The van der Waals surface area contributed by atoms with E-state index >= 15 is 0 Å². The third-order valence-corrected chi connectivity index (χ3v) is 5.60. The quantitative estimate of drug-likeness (QED) is 0.821. The smallest absolute Gasteiger partial charge is 0.254 e. The number of hydrogen-bond acceptors (Lipinski definition) is 7. The molecular weight excluding hydrogens is 344 g/mol. The van der Waals surface area contributed by atoms with Crippen LogP contribution in [0.4, 0.5) is 11.6 Å². The summed E-state index contributed by atoms with van der Waals surface area (Å²) in [6, 6.07) is 6.97. The van der Waals surface area contributed by atoms with E-state index in [1.165, 1.54) is 12.4 Å². The highest BCUT2D eigenvalue weighted by Crippen LogP contribution is 2.25. The van der Waals surface area contributed by atoms with E-state index in [0.717, 1.165) is 0 Å². The number of hydrogen-bond donors (Lipinski definition) is 2. The van der Waals surface area contributed by atoms with Crippen molar-refractivity contribution in [1.82, 2.24) is 15.3 Å². The summed E-state index contributed by atoms with van der Waals surface area (Å²) in [6.45, 7) is 0. The molecule has 1 amide bonds. The highest BCUT2D eigenvalue weighted by Gasteiger charge is 2.29. The number of ether oxygens (including phenoxy) is 1. The highest BCUT2D eigenvalue weighted by atomic mass is 32.2. The molecule has 2 heterocycles. The van der Waals surface area contributed by atoms with Crippen molar-refractivity contribution in [2.75, 3.05) is 23.9 Å². The number of aromatic nitrogens is 2. The Bertz CT molecular complexity index is 868. The summed E-state index contributed by atoms with van der Waals surface area (Å²) >= 11 is 0. The largest absolute Gasteiger partial charge is 0.495 e. The first-order chi connectivity index (χ1) is 12.0. The average Bonchev–Trinajstić information content (AvgIpc) is 2.94. The zero-order valence-corrected chi connectivity index (χ0v) is 14.4. The standard InChI is InChI=1S/C16H18N4O4S/c1-24-14-5-3-2-4-13(14)20-16-17-8-11(9-18-16)15(21)19-12-6-7-25(22,23)10-12/h2-5,8-9,12H,6-7,10H2,1H3,(H,19,21)(H,17,18,20). The number of amides is 1. The van der Waals surface area contributed by atoms with Gasteiger partial charge in [-0.2, -0.15) is 0 Å². The molecule has 0 aliphatic carbocycles. The molecule has 25 heavy (non-hydrogen) atoms. The Hall–Kier alpha value is -2.68. The Morgan fingerprint density at radius 3 is 2.60 bits per heavy atom. The van der Waals surface area contributed by atoms with Gasteiger partial charge in [0.2, 0.25) is 5.95 Å². The summed E-state index contributed by atoms with van der Waals surface area (Å²) < 4.78 is 28.1. The first-order valence-electron chi connectivity index (χ1n) is 7.70. The fourth-order valence-electron chi connectivity index (χ4n) is 2.56. The van der Waals surface area contributed by atoms with Gasteiger partial charge in [0.15, 0.2) is 9.84 Å². The second-order valence-electron chi connectivity index (χ2n) is 5.69. The van der Waals surface area contributed by atoms with E-state index in [4.69, 9.17) is 4.74 Å². The van der Waals surface area contributed by atoms with Crippen molar-refractivity contribution >= 4 is 27.4 Å². The molecule has 0 saturated carbocycles. The van der Waals surface area contributed by atoms with Crippen LogP contribution in [0.5, 0.6) is 5.75 Å². The van der Waals surface area contributed by atoms with Gasteiger partial charge in [-0.1, -0.05) is 12.1 Å². The molecule has 8 nitrogen and oxygen atoms in total. The number of rotatable bonds is 5. The second kappa shape index (κ2) is 7.06. The van der Waals surface area contributed by atoms with Crippen LogP contribution in [0.2, 0.25) is 0 Å². The molecule has 132 valence electrons. The molecular formula is C16H18N4O4S. The van der Waals surface area contributed by atoms with Crippen LogP contribution in [0.15, 0.2) is 36.7 Å². The number of carbonyl (C=O) groups is 1. The number of anilines is 2. The Kier molecular flexibility index (Phi) is 4.84. The zero-order valence-electron chi connectivity index (χ0n) is 13.6. The zero-order chi connectivity index (χ0) is 17.9. The number of methoxy groups -OCH3 is 1. The van der Waals surface area contributed by atoms with Crippen LogP contribution in [-0.4, -0.2) is 49.0 Å². The molecule has 3 rings (SSSR count). The molecule has 1 atom stereocenters. The molecule has 1 aromatic carbocycles.